The van der Waals surface area contributed by atoms with Crippen molar-refractivity contribution in [2.45, 2.75) is 0 Å². The van der Waals surface area contributed by atoms with Crippen molar-refractivity contribution in [3.63, 3.8) is 0 Å². The zero-order valence-electron chi connectivity index (χ0n) is 7.81. The van der Waals surface area contributed by atoms with E-state index in [4.69, 9.17) is 10.1 Å². The first-order chi connectivity index (χ1) is 6.88. The monoisotopic (exact) mass is 192 g/mol. The summed E-state index contributed by atoms with van der Waals surface area (Å²) >= 11 is 0. The molecule has 1 aromatic rings. The molecule has 5 heteroatoms. The predicted molar refractivity (Wildman–Crippen MR) is 51.3 cm³/mol. The minimum atomic E-state index is 0.383. The minimum absolute atomic E-state index is 0.383. The highest BCUT2D eigenvalue weighted by molar-refractivity contribution is 5.92. The molecule has 2 heterocycles. The van der Waals surface area contributed by atoms with Gasteiger partial charge in [-0.05, 0) is 6.07 Å². The number of aromatic nitrogens is 2. The Bertz CT molecular complexity index is 308. The molecule has 1 N–H and O–H groups in total. The summed E-state index contributed by atoms with van der Waals surface area (Å²) in [5, 5.41) is 7.87. The van der Waals surface area contributed by atoms with Crippen molar-refractivity contribution in [3.05, 3.63) is 24.3 Å². The Morgan fingerprint density at radius 3 is 2.57 bits per heavy atom. The summed E-state index contributed by atoms with van der Waals surface area (Å²) in [6.07, 6.45) is 3.30. The van der Waals surface area contributed by atoms with Gasteiger partial charge in [0.1, 0.15) is 0 Å². The number of hydrogen-bond donors (Lipinski definition) is 1. The molecule has 0 aliphatic carbocycles. The quantitative estimate of drug-likeness (QED) is 0.507. The summed E-state index contributed by atoms with van der Waals surface area (Å²) < 4.78 is 5.21. The van der Waals surface area contributed by atoms with E-state index in [-0.39, 0.29) is 0 Å². The van der Waals surface area contributed by atoms with Gasteiger partial charge in [0.05, 0.1) is 13.2 Å². The average molecular weight is 192 g/mol. The van der Waals surface area contributed by atoms with Crippen molar-refractivity contribution in [1.29, 1.82) is 5.41 Å². The largest absolute Gasteiger partial charge is 0.378 e. The maximum Gasteiger partial charge on any atom is 0.194 e. The highest BCUT2D eigenvalue weighted by Gasteiger charge is 2.16. The van der Waals surface area contributed by atoms with Crippen LogP contribution in [0, 0.1) is 5.41 Å². The number of hydrogen-bond acceptors (Lipinski definition) is 4. The van der Waals surface area contributed by atoms with E-state index in [1.807, 2.05) is 4.90 Å². The van der Waals surface area contributed by atoms with Crippen molar-refractivity contribution >= 4 is 5.84 Å². The first-order valence-corrected chi connectivity index (χ1v) is 4.56. The molecule has 0 bridgehead atoms. The first-order valence-electron chi connectivity index (χ1n) is 4.56. The molecule has 1 aliphatic rings. The van der Waals surface area contributed by atoms with Crippen molar-refractivity contribution in [2.24, 2.45) is 0 Å². The Morgan fingerprint density at radius 2 is 1.93 bits per heavy atom. The van der Waals surface area contributed by atoms with Crippen LogP contribution in [0.5, 0.6) is 0 Å². The van der Waals surface area contributed by atoms with Gasteiger partial charge in [-0.15, -0.1) is 0 Å². The van der Waals surface area contributed by atoms with E-state index < -0.39 is 0 Å². The number of morpholine rings is 1. The Labute approximate surface area is 82.2 Å². The van der Waals surface area contributed by atoms with Gasteiger partial charge in [0, 0.05) is 25.5 Å². The predicted octanol–water partition coefficient (Wildman–Crippen LogP) is 0.134. The van der Waals surface area contributed by atoms with E-state index in [1.165, 1.54) is 0 Å². The van der Waals surface area contributed by atoms with Gasteiger partial charge in [-0.3, -0.25) is 5.41 Å². The second-order valence-electron chi connectivity index (χ2n) is 3.02. The van der Waals surface area contributed by atoms with Crippen LogP contribution in [0.25, 0.3) is 0 Å². The molecule has 0 aromatic carbocycles. The summed E-state index contributed by atoms with van der Waals surface area (Å²) in [6.45, 7) is 2.85. The van der Waals surface area contributed by atoms with Crippen LogP contribution in [0.3, 0.4) is 0 Å². The summed E-state index contributed by atoms with van der Waals surface area (Å²) in [5.74, 6) is 0.864. The molecule has 0 saturated carbocycles. The fraction of sp³-hybridized carbons (Fsp3) is 0.444. The Morgan fingerprint density at radius 1 is 1.29 bits per heavy atom. The summed E-state index contributed by atoms with van der Waals surface area (Å²) in [7, 11) is 0. The van der Waals surface area contributed by atoms with Gasteiger partial charge in [-0.1, -0.05) is 0 Å². The van der Waals surface area contributed by atoms with Crippen molar-refractivity contribution < 1.29 is 4.74 Å². The third-order valence-electron chi connectivity index (χ3n) is 2.10. The lowest BCUT2D eigenvalue weighted by atomic mass is 10.3. The standard InChI is InChI=1S/C9H12N4O/c10-8(9-11-2-1-3-12-9)13-4-6-14-7-5-13/h1-3,10H,4-7H2. The topological polar surface area (TPSA) is 62.1 Å². The second kappa shape index (κ2) is 4.15. The van der Waals surface area contributed by atoms with Gasteiger partial charge >= 0.3 is 0 Å². The molecule has 1 saturated heterocycles. The molecule has 1 aromatic heterocycles. The van der Waals surface area contributed by atoms with E-state index in [0.29, 0.717) is 24.9 Å². The fourth-order valence-electron chi connectivity index (χ4n) is 1.35. The van der Waals surface area contributed by atoms with Gasteiger partial charge in [-0.25, -0.2) is 9.97 Å². The number of nitrogens with one attached hydrogen (secondary N) is 1. The van der Waals surface area contributed by atoms with Gasteiger partial charge in [0.15, 0.2) is 11.7 Å². The lowest BCUT2D eigenvalue weighted by molar-refractivity contribution is 0.0678. The van der Waals surface area contributed by atoms with E-state index in [2.05, 4.69) is 9.97 Å². The van der Waals surface area contributed by atoms with E-state index >= 15 is 0 Å². The van der Waals surface area contributed by atoms with Crippen LogP contribution < -0.4 is 0 Å². The van der Waals surface area contributed by atoms with Crippen LogP contribution in [0.2, 0.25) is 0 Å². The molecule has 0 unspecified atom stereocenters. The van der Waals surface area contributed by atoms with Crippen molar-refractivity contribution in [3.8, 4) is 0 Å². The smallest absolute Gasteiger partial charge is 0.194 e. The highest BCUT2D eigenvalue weighted by Crippen LogP contribution is 2.01. The first kappa shape index (κ1) is 9.08. The van der Waals surface area contributed by atoms with Gasteiger partial charge in [0.2, 0.25) is 0 Å². The summed E-state index contributed by atoms with van der Waals surface area (Å²) in [4.78, 5) is 10.0. The Hall–Kier alpha value is -1.49. The zero-order valence-corrected chi connectivity index (χ0v) is 7.81. The normalized spacial score (nSPS) is 16.7. The van der Waals surface area contributed by atoms with Crippen LogP contribution in [-0.4, -0.2) is 47.0 Å². The van der Waals surface area contributed by atoms with E-state index in [9.17, 15) is 0 Å². The number of rotatable bonds is 1. The third-order valence-corrected chi connectivity index (χ3v) is 2.10. The van der Waals surface area contributed by atoms with Crippen LogP contribution in [0.4, 0.5) is 0 Å². The van der Waals surface area contributed by atoms with Crippen LogP contribution in [0.1, 0.15) is 5.82 Å². The number of ether oxygens (including phenoxy) is 1. The van der Waals surface area contributed by atoms with E-state index in [1.54, 1.807) is 18.5 Å². The molecule has 0 amide bonds. The zero-order chi connectivity index (χ0) is 9.80. The fourth-order valence-corrected chi connectivity index (χ4v) is 1.35. The molecule has 1 fully saturated rings. The Balaban J connectivity index is 2.07. The third kappa shape index (κ3) is 1.88. The molecule has 1 aliphatic heterocycles. The highest BCUT2D eigenvalue weighted by atomic mass is 16.5. The maximum atomic E-state index is 7.87. The molecule has 2 rings (SSSR count). The number of amidine groups is 1. The van der Waals surface area contributed by atoms with E-state index in [0.717, 1.165) is 13.1 Å². The molecule has 14 heavy (non-hydrogen) atoms. The molecule has 0 spiro atoms. The molecule has 0 atom stereocenters. The van der Waals surface area contributed by atoms with Crippen molar-refractivity contribution in [2.75, 3.05) is 26.3 Å². The van der Waals surface area contributed by atoms with Gasteiger partial charge in [0.25, 0.3) is 0 Å². The van der Waals surface area contributed by atoms with Crippen LogP contribution in [0.15, 0.2) is 18.5 Å². The summed E-state index contributed by atoms with van der Waals surface area (Å²) in [5.41, 5.74) is 0. The van der Waals surface area contributed by atoms with Crippen LogP contribution >= 0.6 is 0 Å². The number of nitrogens with zero attached hydrogens (tertiary/aromatic N) is 3. The van der Waals surface area contributed by atoms with Gasteiger partial charge in [-0.2, -0.15) is 0 Å². The minimum Gasteiger partial charge on any atom is -0.378 e. The molecule has 0 radical (unpaired) electrons. The van der Waals surface area contributed by atoms with Crippen molar-refractivity contribution in [1.82, 2.24) is 14.9 Å². The lowest BCUT2D eigenvalue weighted by Crippen LogP contribution is -2.41. The summed E-state index contributed by atoms with van der Waals surface area (Å²) in [6, 6.07) is 1.75. The molecule has 74 valence electrons. The molecule has 5 nitrogen and oxygen atoms in total. The lowest BCUT2D eigenvalue weighted by Gasteiger charge is -2.27. The molecular formula is C9H12N4O. The van der Waals surface area contributed by atoms with Gasteiger partial charge < -0.3 is 9.64 Å². The SMILES string of the molecule is N=C(c1ncccn1)N1CCOCC1. The maximum absolute atomic E-state index is 7.87. The Kier molecular flexibility index (Phi) is 2.69. The second-order valence-corrected chi connectivity index (χ2v) is 3.02. The molecular weight excluding hydrogens is 180 g/mol. The average Bonchev–Trinajstić information content (AvgIpc) is 2.30. The van der Waals surface area contributed by atoms with Crippen LogP contribution in [-0.2, 0) is 4.74 Å².